The Morgan fingerprint density at radius 1 is 1.08 bits per heavy atom. The quantitative estimate of drug-likeness (QED) is 0.777. The van der Waals surface area contributed by atoms with Crippen molar-refractivity contribution in [2.75, 3.05) is 32.1 Å². The Balaban J connectivity index is 2.10. The number of anilines is 2. The van der Waals surface area contributed by atoms with Crippen LogP contribution in [0.2, 0.25) is 0 Å². The molecule has 3 rings (SSSR count). The van der Waals surface area contributed by atoms with E-state index >= 15 is 0 Å². The summed E-state index contributed by atoms with van der Waals surface area (Å²) in [5, 5.41) is 0. The van der Waals surface area contributed by atoms with E-state index in [9.17, 15) is 17.4 Å². The highest BCUT2D eigenvalue weighted by atomic mass is 32.2. The molecule has 0 spiro atoms. The topological polar surface area (TPSA) is 23.6 Å². The minimum Gasteiger partial charge on any atom is -0.339 e. The summed E-state index contributed by atoms with van der Waals surface area (Å²) in [6.45, 7) is 3.40. The van der Waals surface area contributed by atoms with E-state index in [1.165, 1.54) is 6.07 Å². The zero-order chi connectivity index (χ0) is 19.1. The fourth-order valence-corrected chi connectivity index (χ4v) is 4.69. The van der Waals surface area contributed by atoms with E-state index < -0.39 is 22.5 Å². The van der Waals surface area contributed by atoms with Gasteiger partial charge in [-0.2, -0.15) is 13.2 Å². The molecule has 0 saturated heterocycles. The number of hydrogen-bond acceptors (Lipinski definition) is 3. The van der Waals surface area contributed by atoms with Gasteiger partial charge in [0.05, 0.1) is 37.5 Å². The molecule has 140 valence electrons. The molecule has 7 heteroatoms. The van der Waals surface area contributed by atoms with Gasteiger partial charge in [0.15, 0.2) is 0 Å². The lowest BCUT2D eigenvalue weighted by Gasteiger charge is -2.35. The molecule has 2 aromatic carbocycles. The summed E-state index contributed by atoms with van der Waals surface area (Å²) < 4.78 is 52.5. The van der Waals surface area contributed by atoms with E-state index in [4.69, 9.17) is 0 Å². The average Bonchev–Trinajstić information content (AvgIpc) is 2.56. The molecule has 3 nitrogen and oxygen atoms in total. The fraction of sp³-hybridized carbons (Fsp3) is 0.368. The number of halogens is 3. The van der Waals surface area contributed by atoms with Crippen LogP contribution in [-0.2, 0) is 17.0 Å². The van der Waals surface area contributed by atoms with E-state index in [1.807, 2.05) is 36.0 Å². The summed E-state index contributed by atoms with van der Waals surface area (Å²) >= 11 is 0. The molecule has 0 aromatic heterocycles. The molecule has 26 heavy (non-hydrogen) atoms. The van der Waals surface area contributed by atoms with E-state index in [1.54, 1.807) is 12.1 Å². The summed E-state index contributed by atoms with van der Waals surface area (Å²) in [6, 6.07) is 10.7. The monoisotopic (exact) mass is 382 g/mol. The lowest BCUT2D eigenvalue weighted by Crippen LogP contribution is -2.33. The number of nitrogens with zero attached hydrogens (tertiary/aromatic N) is 2. The van der Waals surface area contributed by atoms with Crippen LogP contribution in [0.5, 0.6) is 0 Å². The van der Waals surface area contributed by atoms with Gasteiger partial charge in [-0.15, -0.1) is 0 Å². The van der Waals surface area contributed by atoms with Crippen LogP contribution in [0.4, 0.5) is 24.5 Å². The molecule has 0 N–H and O–H groups in total. The molecule has 2 aromatic rings. The molecule has 1 aliphatic heterocycles. The van der Waals surface area contributed by atoms with Crippen molar-refractivity contribution < 1.29 is 17.4 Å². The Morgan fingerprint density at radius 2 is 1.73 bits per heavy atom. The first-order chi connectivity index (χ1) is 12.2. The summed E-state index contributed by atoms with van der Waals surface area (Å²) in [5.41, 5.74) is 0.364. The highest BCUT2D eigenvalue weighted by molar-refractivity contribution is 7.85. The zero-order valence-electron chi connectivity index (χ0n) is 14.9. The molecule has 2 unspecified atom stereocenters. The first-order valence-corrected chi connectivity index (χ1v) is 9.48. The largest absolute Gasteiger partial charge is 0.416 e. The second kappa shape index (κ2) is 7.04. The first kappa shape index (κ1) is 18.9. The van der Waals surface area contributed by atoms with Gasteiger partial charge in [-0.25, -0.2) is 4.21 Å². The predicted molar refractivity (Wildman–Crippen MR) is 97.3 cm³/mol. The third kappa shape index (κ3) is 3.64. The molecule has 1 heterocycles. The molecule has 0 saturated carbocycles. The highest BCUT2D eigenvalue weighted by Crippen LogP contribution is 2.44. The SMILES string of the molecule is CC(CN(C)C)CN1c2ccccc2S(=O)c2ccc(C(F)(F)F)cc21. The fourth-order valence-electron chi connectivity index (χ4n) is 3.34. The van der Waals surface area contributed by atoms with Crippen LogP contribution >= 0.6 is 0 Å². The molecule has 2 atom stereocenters. The van der Waals surface area contributed by atoms with Crippen molar-refractivity contribution in [1.82, 2.24) is 4.90 Å². The van der Waals surface area contributed by atoms with E-state index in [0.717, 1.165) is 18.7 Å². The second-order valence-electron chi connectivity index (χ2n) is 6.89. The number of para-hydroxylation sites is 1. The van der Waals surface area contributed by atoms with Crippen molar-refractivity contribution in [1.29, 1.82) is 0 Å². The lowest BCUT2D eigenvalue weighted by atomic mass is 10.1. The maximum atomic E-state index is 13.2. The second-order valence-corrected chi connectivity index (χ2v) is 8.31. The summed E-state index contributed by atoms with van der Waals surface area (Å²) in [5.74, 6) is 0.215. The van der Waals surface area contributed by atoms with Crippen LogP contribution < -0.4 is 4.90 Å². The van der Waals surface area contributed by atoms with Gasteiger partial charge in [-0.3, -0.25) is 0 Å². The van der Waals surface area contributed by atoms with Crippen molar-refractivity contribution >= 4 is 22.2 Å². The van der Waals surface area contributed by atoms with Crippen LogP contribution in [0.15, 0.2) is 52.3 Å². The maximum Gasteiger partial charge on any atom is 0.416 e. The first-order valence-electron chi connectivity index (χ1n) is 8.33. The molecular formula is C19H21F3N2OS. The minimum absolute atomic E-state index is 0.215. The van der Waals surface area contributed by atoms with E-state index in [-0.39, 0.29) is 5.92 Å². The summed E-state index contributed by atoms with van der Waals surface area (Å²) in [6.07, 6.45) is -4.44. The number of alkyl halides is 3. The minimum atomic E-state index is -4.44. The Hall–Kier alpha value is -1.86. The van der Waals surface area contributed by atoms with Crippen molar-refractivity contribution in [2.45, 2.75) is 22.9 Å². The number of rotatable bonds is 4. The Bertz CT molecular complexity index is 836. The van der Waals surface area contributed by atoms with Gasteiger partial charge in [0.25, 0.3) is 0 Å². The Kier molecular flexibility index (Phi) is 5.12. The molecule has 1 aliphatic rings. The van der Waals surface area contributed by atoms with Crippen molar-refractivity contribution in [2.24, 2.45) is 5.92 Å². The molecule has 0 fully saturated rings. The van der Waals surface area contributed by atoms with Gasteiger partial charge in [-0.05, 0) is 50.3 Å². The smallest absolute Gasteiger partial charge is 0.339 e. The normalized spacial score (nSPS) is 17.8. The van der Waals surface area contributed by atoms with Crippen LogP contribution in [0.25, 0.3) is 0 Å². The highest BCUT2D eigenvalue weighted by Gasteiger charge is 2.35. The number of hydrogen-bond donors (Lipinski definition) is 0. The van der Waals surface area contributed by atoms with Crippen molar-refractivity contribution in [3.8, 4) is 0 Å². The zero-order valence-corrected chi connectivity index (χ0v) is 15.7. The van der Waals surface area contributed by atoms with Crippen LogP contribution in [0.3, 0.4) is 0 Å². The summed E-state index contributed by atoms with van der Waals surface area (Å²) in [4.78, 5) is 4.98. The van der Waals surface area contributed by atoms with Gasteiger partial charge in [-0.1, -0.05) is 19.1 Å². The third-order valence-electron chi connectivity index (χ3n) is 4.30. The Morgan fingerprint density at radius 3 is 2.38 bits per heavy atom. The van der Waals surface area contributed by atoms with Crippen molar-refractivity contribution in [3.63, 3.8) is 0 Å². The predicted octanol–water partition coefficient (Wildman–Crippen LogP) is 4.52. The van der Waals surface area contributed by atoms with E-state index in [2.05, 4.69) is 6.92 Å². The van der Waals surface area contributed by atoms with Gasteiger partial charge < -0.3 is 9.80 Å². The van der Waals surface area contributed by atoms with Gasteiger partial charge in [0, 0.05) is 13.1 Å². The lowest BCUT2D eigenvalue weighted by molar-refractivity contribution is -0.137. The van der Waals surface area contributed by atoms with Crippen molar-refractivity contribution in [3.05, 3.63) is 48.0 Å². The van der Waals surface area contributed by atoms with Crippen LogP contribution in [0, 0.1) is 5.92 Å². The van der Waals surface area contributed by atoms with Gasteiger partial charge in [0.1, 0.15) is 0 Å². The standard InChI is InChI=1S/C19H21F3N2OS/c1-13(11-23(2)3)12-24-15-6-4-5-7-17(15)26(25)18-9-8-14(10-16(18)24)19(20,21)22/h4-10,13H,11-12H2,1-3H3. The molecular weight excluding hydrogens is 361 g/mol. The maximum absolute atomic E-state index is 13.2. The molecule has 0 radical (unpaired) electrons. The number of fused-ring (bicyclic) bond motifs is 2. The number of benzene rings is 2. The Labute approximate surface area is 153 Å². The molecule has 0 bridgehead atoms. The van der Waals surface area contributed by atoms with Gasteiger partial charge >= 0.3 is 6.18 Å². The third-order valence-corrected chi connectivity index (χ3v) is 5.79. The van der Waals surface area contributed by atoms with Crippen LogP contribution in [-0.4, -0.2) is 36.3 Å². The summed E-state index contributed by atoms with van der Waals surface area (Å²) in [7, 11) is 2.44. The average molecular weight is 382 g/mol. The molecule has 0 aliphatic carbocycles. The van der Waals surface area contributed by atoms with E-state index in [0.29, 0.717) is 27.7 Å². The van der Waals surface area contributed by atoms with Crippen LogP contribution in [0.1, 0.15) is 12.5 Å². The molecule has 0 amide bonds. The van der Waals surface area contributed by atoms with Gasteiger partial charge in [0.2, 0.25) is 0 Å².